The van der Waals surface area contributed by atoms with E-state index in [9.17, 15) is 13.6 Å². The van der Waals surface area contributed by atoms with Crippen molar-refractivity contribution in [2.24, 2.45) is 0 Å². The minimum Gasteiger partial charge on any atom is -0.435 e. The zero-order chi connectivity index (χ0) is 19.8. The number of hydrogen-bond donors (Lipinski definition) is 1. The molecule has 0 atom stereocenters. The van der Waals surface area contributed by atoms with Gasteiger partial charge in [-0.1, -0.05) is 12.1 Å². The number of aromatic nitrogens is 1. The van der Waals surface area contributed by atoms with Crippen molar-refractivity contribution < 1.29 is 18.3 Å². The van der Waals surface area contributed by atoms with Gasteiger partial charge in [0.1, 0.15) is 5.75 Å². The molecule has 1 saturated heterocycles. The van der Waals surface area contributed by atoms with Crippen LogP contribution in [0.1, 0.15) is 19.8 Å². The highest BCUT2D eigenvalue weighted by Gasteiger charge is 2.22. The van der Waals surface area contributed by atoms with Crippen LogP contribution in [-0.2, 0) is 11.3 Å². The van der Waals surface area contributed by atoms with E-state index in [1.54, 1.807) is 17.0 Å². The second-order valence-electron chi connectivity index (χ2n) is 6.76. The van der Waals surface area contributed by atoms with Gasteiger partial charge in [-0.3, -0.25) is 4.79 Å². The number of nitrogens with zero attached hydrogens (tertiary/aromatic N) is 2. The van der Waals surface area contributed by atoms with Crippen LogP contribution >= 0.6 is 0 Å². The quantitative estimate of drug-likeness (QED) is 0.696. The average molecular weight is 385 g/mol. The molecule has 2 heterocycles. The lowest BCUT2D eigenvalue weighted by Gasteiger charge is -2.16. The van der Waals surface area contributed by atoms with E-state index in [-0.39, 0.29) is 11.7 Å². The van der Waals surface area contributed by atoms with Gasteiger partial charge in [-0.15, -0.1) is 0 Å². The predicted molar refractivity (Wildman–Crippen MR) is 106 cm³/mol. The summed E-state index contributed by atoms with van der Waals surface area (Å²) in [6.45, 7) is 0.455. The Labute approximate surface area is 161 Å². The van der Waals surface area contributed by atoms with Crippen LogP contribution in [0, 0.1) is 0 Å². The lowest BCUT2D eigenvalue weighted by Crippen LogP contribution is -2.23. The zero-order valence-electron chi connectivity index (χ0n) is 15.5. The van der Waals surface area contributed by atoms with Crippen LogP contribution in [0.25, 0.3) is 22.2 Å². The summed E-state index contributed by atoms with van der Waals surface area (Å²) < 4.78 is 31.6. The number of amides is 1. The van der Waals surface area contributed by atoms with E-state index in [2.05, 4.69) is 4.74 Å². The highest BCUT2D eigenvalue weighted by molar-refractivity contribution is 6.02. The third-order valence-corrected chi connectivity index (χ3v) is 5.14. The molecule has 2 N–H and O–H groups in total. The largest absolute Gasteiger partial charge is 0.435 e. The maximum Gasteiger partial charge on any atom is 0.387 e. The molecule has 7 heteroatoms. The van der Waals surface area contributed by atoms with Crippen molar-refractivity contribution in [3.63, 3.8) is 0 Å². The number of carbonyl (C=O) groups excluding carboxylic acids is 1. The summed E-state index contributed by atoms with van der Waals surface area (Å²) in [6, 6.07) is 12.5. The molecule has 2 aromatic carbocycles. The van der Waals surface area contributed by atoms with Crippen molar-refractivity contribution in [3.8, 4) is 17.0 Å². The summed E-state index contributed by atoms with van der Waals surface area (Å²) in [5.41, 5.74) is 10.3. The van der Waals surface area contributed by atoms with Crippen LogP contribution in [0.5, 0.6) is 5.75 Å². The van der Waals surface area contributed by atoms with E-state index >= 15 is 0 Å². The number of hydrogen-bond acceptors (Lipinski definition) is 3. The molecule has 0 bridgehead atoms. The maximum atomic E-state index is 12.6. The zero-order valence-corrected chi connectivity index (χ0v) is 15.5. The number of aryl methyl sites for hydroxylation is 1. The smallest absolute Gasteiger partial charge is 0.387 e. The van der Waals surface area contributed by atoms with Crippen LogP contribution in [-0.4, -0.2) is 23.6 Å². The molecule has 0 radical (unpaired) electrons. The van der Waals surface area contributed by atoms with Gasteiger partial charge in [0, 0.05) is 42.2 Å². The Hall–Kier alpha value is -3.09. The van der Waals surface area contributed by atoms with Crippen molar-refractivity contribution in [1.29, 1.82) is 0 Å². The highest BCUT2D eigenvalue weighted by atomic mass is 19.3. The summed E-state index contributed by atoms with van der Waals surface area (Å²) in [5.74, 6) is 0.241. The van der Waals surface area contributed by atoms with Crippen molar-refractivity contribution in [1.82, 2.24) is 4.57 Å². The minimum atomic E-state index is -2.87. The molecule has 4 rings (SSSR count). The summed E-state index contributed by atoms with van der Waals surface area (Å²) in [7, 11) is 0. The van der Waals surface area contributed by atoms with Gasteiger partial charge in [0.05, 0.1) is 16.9 Å². The Morgan fingerprint density at radius 2 is 1.93 bits per heavy atom. The Kier molecular flexibility index (Phi) is 4.66. The molecule has 0 unspecified atom stereocenters. The summed E-state index contributed by atoms with van der Waals surface area (Å²) in [6.07, 6.45) is 1.46. The molecule has 28 heavy (non-hydrogen) atoms. The minimum absolute atomic E-state index is 0.101. The van der Waals surface area contributed by atoms with Crippen molar-refractivity contribution in [2.45, 2.75) is 32.9 Å². The standard InChI is InChI=1S/C21H21F2N3O2/c1-2-25-17-12-15(28-21(22)23)9-10-16(17)19(24)20(25)13-5-7-14(8-6-13)26-11-3-4-18(26)27/h5-10,12,21H,2-4,11,24H2,1H3. The third kappa shape index (κ3) is 3.06. The number of nitrogens with two attached hydrogens (primary N) is 1. The van der Waals surface area contributed by atoms with Crippen molar-refractivity contribution in [3.05, 3.63) is 42.5 Å². The number of nitrogen functional groups attached to an aromatic ring is 1. The number of fused-ring (bicyclic) bond motifs is 1. The van der Waals surface area contributed by atoms with Crippen LogP contribution in [0.4, 0.5) is 20.2 Å². The van der Waals surface area contributed by atoms with Gasteiger partial charge in [0.2, 0.25) is 5.91 Å². The monoisotopic (exact) mass is 385 g/mol. The first-order chi connectivity index (χ1) is 13.5. The molecule has 1 aliphatic rings. The van der Waals surface area contributed by atoms with Gasteiger partial charge >= 0.3 is 6.61 Å². The van der Waals surface area contributed by atoms with Gasteiger partial charge in [0.15, 0.2) is 0 Å². The number of ether oxygens (including phenoxy) is 1. The molecule has 0 saturated carbocycles. The van der Waals surface area contributed by atoms with E-state index in [4.69, 9.17) is 5.73 Å². The first kappa shape index (κ1) is 18.3. The molecule has 1 amide bonds. The molecule has 1 aliphatic heterocycles. The molecule has 0 spiro atoms. The van der Waals surface area contributed by atoms with Gasteiger partial charge in [-0.05, 0) is 37.6 Å². The van der Waals surface area contributed by atoms with Gasteiger partial charge in [0.25, 0.3) is 0 Å². The van der Waals surface area contributed by atoms with Crippen molar-refractivity contribution in [2.75, 3.05) is 17.2 Å². The van der Waals surface area contributed by atoms with Gasteiger partial charge < -0.3 is 19.9 Å². The molecule has 5 nitrogen and oxygen atoms in total. The van der Waals surface area contributed by atoms with E-state index in [1.165, 1.54) is 6.07 Å². The fourth-order valence-electron chi connectivity index (χ4n) is 3.89. The molecular formula is C21H21F2N3O2. The molecule has 3 aromatic rings. The predicted octanol–water partition coefficient (Wildman–Crippen LogP) is 4.64. The Bertz CT molecular complexity index is 1030. The summed E-state index contributed by atoms with van der Waals surface area (Å²) in [4.78, 5) is 13.7. The first-order valence-corrected chi connectivity index (χ1v) is 9.27. The fourth-order valence-corrected chi connectivity index (χ4v) is 3.89. The third-order valence-electron chi connectivity index (χ3n) is 5.14. The number of alkyl halides is 2. The normalized spacial score (nSPS) is 14.4. The van der Waals surface area contributed by atoms with E-state index in [0.717, 1.165) is 40.8 Å². The number of halogens is 2. The molecule has 1 aromatic heterocycles. The van der Waals surface area contributed by atoms with Crippen LogP contribution in [0.2, 0.25) is 0 Å². The van der Waals surface area contributed by atoms with Crippen LogP contribution < -0.4 is 15.4 Å². The first-order valence-electron chi connectivity index (χ1n) is 9.27. The Morgan fingerprint density at radius 1 is 1.18 bits per heavy atom. The molecular weight excluding hydrogens is 364 g/mol. The van der Waals surface area contributed by atoms with E-state index < -0.39 is 6.61 Å². The second kappa shape index (κ2) is 7.14. The highest BCUT2D eigenvalue weighted by Crippen LogP contribution is 2.38. The molecule has 1 fully saturated rings. The maximum absolute atomic E-state index is 12.6. The average Bonchev–Trinajstić information content (AvgIpc) is 3.22. The number of benzene rings is 2. The summed E-state index contributed by atoms with van der Waals surface area (Å²) >= 11 is 0. The Balaban J connectivity index is 1.77. The second-order valence-corrected chi connectivity index (χ2v) is 6.76. The topological polar surface area (TPSA) is 60.5 Å². The van der Waals surface area contributed by atoms with Crippen molar-refractivity contribution >= 4 is 28.2 Å². The fraction of sp³-hybridized carbons (Fsp3) is 0.286. The van der Waals surface area contributed by atoms with Gasteiger partial charge in [-0.25, -0.2) is 0 Å². The number of rotatable bonds is 5. The molecule has 146 valence electrons. The number of anilines is 2. The lowest BCUT2D eigenvalue weighted by molar-refractivity contribution is -0.117. The lowest BCUT2D eigenvalue weighted by atomic mass is 10.1. The van der Waals surface area contributed by atoms with Gasteiger partial charge in [-0.2, -0.15) is 8.78 Å². The summed E-state index contributed by atoms with van der Waals surface area (Å²) in [5, 5.41) is 0.789. The van der Waals surface area contributed by atoms with E-state index in [1.807, 2.05) is 35.8 Å². The van der Waals surface area contributed by atoms with Crippen LogP contribution in [0.15, 0.2) is 42.5 Å². The van der Waals surface area contributed by atoms with Crippen LogP contribution in [0.3, 0.4) is 0 Å². The molecule has 0 aliphatic carbocycles. The SMILES string of the molecule is CCn1c(-c2ccc(N3CCCC3=O)cc2)c(N)c2ccc(OC(F)F)cc21. The van der Waals surface area contributed by atoms with E-state index in [0.29, 0.717) is 18.7 Å². The number of carbonyl (C=O) groups is 1. The Morgan fingerprint density at radius 3 is 2.54 bits per heavy atom.